The lowest BCUT2D eigenvalue weighted by Gasteiger charge is -2.20. The molecule has 0 aliphatic heterocycles. The first-order valence-electron chi connectivity index (χ1n) is 31.5. The zero-order valence-electron chi connectivity index (χ0n) is 52.4. The third-order valence-electron chi connectivity index (χ3n) is 18.3. The van der Waals surface area contributed by atoms with Crippen LogP contribution in [0.3, 0.4) is 0 Å². The van der Waals surface area contributed by atoms with E-state index in [1.54, 1.807) is 0 Å². The largest absolute Gasteiger partial charge is 0.437 e. The lowest BCUT2D eigenvalue weighted by atomic mass is 9.86. The van der Waals surface area contributed by atoms with Gasteiger partial charge in [-0.1, -0.05) is 110 Å². The molecule has 3 aromatic carbocycles. The molecule has 14 rings (SSSR count). The summed E-state index contributed by atoms with van der Waals surface area (Å²) >= 11 is 0. The average molecular weight is 1130 g/mol. The molecule has 0 spiro atoms. The molecule has 0 saturated heterocycles. The number of benzene rings is 3. The van der Waals surface area contributed by atoms with Gasteiger partial charge in [-0.05, 0) is 149 Å². The number of fused-ring (bicyclic) bond motifs is 9. The average Bonchev–Trinajstić information content (AvgIpc) is 1.96. The Hall–Kier alpha value is -8.04. The molecule has 0 bridgehead atoms. The number of furan rings is 3. The van der Waals surface area contributed by atoms with Crippen LogP contribution in [0, 0.1) is 26.2 Å². The minimum atomic E-state index is 0.198. The van der Waals surface area contributed by atoms with Crippen molar-refractivity contribution >= 4 is 66.2 Å². The molecule has 0 N–H and O–H groups in total. The normalized spacial score (nSPS) is 14.3. The van der Waals surface area contributed by atoms with Crippen molar-refractivity contribution < 1.29 is 27.0 Å². The highest BCUT2D eigenvalue weighted by atomic mass is 16.3. The number of aromatic nitrogens is 6. The highest BCUT2D eigenvalue weighted by Gasteiger charge is 2.27. The zero-order chi connectivity index (χ0) is 59.3. The van der Waals surface area contributed by atoms with E-state index in [2.05, 4.69) is 225 Å². The summed E-state index contributed by atoms with van der Waals surface area (Å²) in [5.41, 5.74) is 23.5. The number of pyridine rings is 6. The van der Waals surface area contributed by atoms with Crippen molar-refractivity contribution in [2.24, 2.45) is 26.6 Å². The van der Waals surface area contributed by atoms with Crippen LogP contribution in [0.15, 0.2) is 141 Å². The van der Waals surface area contributed by atoms with Gasteiger partial charge in [0.05, 0.1) is 16.7 Å². The van der Waals surface area contributed by atoms with Gasteiger partial charge in [-0.15, -0.1) is 0 Å². The second-order valence-corrected chi connectivity index (χ2v) is 25.8. The summed E-state index contributed by atoms with van der Waals surface area (Å²) in [5, 5.41) is 6.76. The van der Waals surface area contributed by atoms with Crippen LogP contribution < -0.4 is 13.7 Å². The van der Waals surface area contributed by atoms with Crippen molar-refractivity contribution in [1.82, 2.24) is 15.0 Å². The Morgan fingerprint density at radius 1 is 0.400 bits per heavy atom. The molecular formula is C76H85N6O3+3. The van der Waals surface area contributed by atoms with Gasteiger partial charge in [0, 0.05) is 96.1 Å². The van der Waals surface area contributed by atoms with Gasteiger partial charge in [0.2, 0.25) is 34.2 Å². The van der Waals surface area contributed by atoms with E-state index in [0.717, 1.165) is 109 Å². The summed E-state index contributed by atoms with van der Waals surface area (Å²) in [5.74, 6) is 1.18. The van der Waals surface area contributed by atoms with Gasteiger partial charge >= 0.3 is 0 Å². The van der Waals surface area contributed by atoms with Gasteiger partial charge in [0.1, 0.15) is 21.1 Å². The van der Waals surface area contributed by atoms with Crippen LogP contribution in [-0.4, -0.2) is 15.0 Å². The van der Waals surface area contributed by atoms with Gasteiger partial charge in [-0.2, -0.15) is 0 Å². The molecule has 9 aromatic heterocycles. The molecule has 9 nitrogen and oxygen atoms in total. The first-order chi connectivity index (χ1) is 41.1. The molecule has 0 radical (unpaired) electrons. The zero-order valence-corrected chi connectivity index (χ0v) is 52.4. The SMILES string of the molecule is CCc1ccc(-c2c(C)ccc3c2oc2nc(C4CCCC4)ccc23)[n+](C)c1.CCc1ccc(-c2c(C)ccc3c2oc2nc(C4CCCCC4)ccc23)[n+](C)c1.CCc1ccc(-c2c(C)ccc3c2oc2nc(CC(C)(C)C)ccc23)[n+](C)c1. The number of nitrogens with zero attached hydrogens (tertiary/aromatic N) is 6. The molecule has 9 heteroatoms. The predicted molar refractivity (Wildman–Crippen MR) is 347 cm³/mol. The lowest BCUT2D eigenvalue weighted by molar-refractivity contribution is -0.660. The Labute approximate surface area is 501 Å². The van der Waals surface area contributed by atoms with Gasteiger partial charge < -0.3 is 13.3 Å². The van der Waals surface area contributed by atoms with Crippen molar-refractivity contribution in [3.8, 4) is 33.8 Å². The highest BCUT2D eigenvalue weighted by Crippen LogP contribution is 2.42. The van der Waals surface area contributed by atoms with Crippen LogP contribution in [0.4, 0.5) is 0 Å². The van der Waals surface area contributed by atoms with E-state index in [0.29, 0.717) is 11.8 Å². The topological polar surface area (TPSA) is 89.7 Å². The standard InChI is InChI=1S/C26H29N2O.C25H27N2O.C25H29N2O/c1-4-18-11-15-23(28(3)16-18)24-17(2)10-12-20-21-13-14-22(19-8-6-5-7-9-19)27-26(21)29-25(20)24;1-4-17-10-14-22(27(3)15-17)23-16(2)9-11-19-20-12-13-21(18-7-5-6-8-18)26-25(20)28-24(19)23;1-7-17-9-13-21(27(6)15-17)22-16(2)8-11-19-20-12-10-18(14-25(3,4)5)26-24(20)28-23(19)22/h10-16,19H,4-9H2,1-3H3;9-15,18H,4-8H2,1-3H3;8-13,15H,7,14H2,1-6H3/q3*+1. The monoisotopic (exact) mass is 1130 g/mol. The van der Waals surface area contributed by atoms with E-state index >= 15 is 0 Å². The maximum atomic E-state index is 6.44. The maximum absolute atomic E-state index is 6.44. The van der Waals surface area contributed by atoms with E-state index in [4.69, 9.17) is 28.2 Å². The van der Waals surface area contributed by atoms with Gasteiger partial charge in [-0.3, -0.25) is 0 Å². The number of aryl methyl sites for hydroxylation is 9. The van der Waals surface area contributed by atoms with Gasteiger partial charge in [0.25, 0.3) is 0 Å². The predicted octanol–water partition coefficient (Wildman–Crippen LogP) is 18.3. The van der Waals surface area contributed by atoms with Gasteiger partial charge in [0.15, 0.2) is 35.3 Å². The van der Waals surface area contributed by atoms with Crippen LogP contribution in [0.1, 0.15) is 162 Å². The fourth-order valence-electron chi connectivity index (χ4n) is 13.6. The molecule has 0 unspecified atom stereocenters. The third kappa shape index (κ3) is 11.4. The highest BCUT2D eigenvalue weighted by molar-refractivity contribution is 6.11. The Bertz CT molecular complexity index is 4460. The quantitative estimate of drug-likeness (QED) is 0.134. The lowest BCUT2D eigenvalue weighted by Crippen LogP contribution is -2.31. The number of rotatable bonds is 9. The first kappa shape index (κ1) is 57.4. The molecule has 0 amide bonds. The molecule has 2 saturated carbocycles. The molecule has 85 heavy (non-hydrogen) atoms. The maximum Gasteiger partial charge on any atom is 0.227 e. The van der Waals surface area contributed by atoms with E-state index in [-0.39, 0.29) is 5.41 Å². The molecule has 9 heterocycles. The van der Waals surface area contributed by atoms with Crippen molar-refractivity contribution in [1.29, 1.82) is 0 Å². The van der Waals surface area contributed by atoms with Crippen molar-refractivity contribution in [2.45, 2.75) is 158 Å². The Morgan fingerprint density at radius 3 is 1.07 bits per heavy atom. The molecule has 12 aromatic rings. The second-order valence-electron chi connectivity index (χ2n) is 25.8. The van der Waals surface area contributed by atoms with Crippen molar-refractivity contribution in [3.63, 3.8) is 0 Å². The first-order valence-corrected chi connectivity index (χ1v) is 31.5. The van der Waals surface area contributed by atoms with E-state index in [1.165, 1.54) is 125 Å². The minimum Gasteiger partial charge on any atom is -0.437 e. The summed E-state index contributed by atoms with van der Waals surface area (Å²) in [6.45, 7) is 19.7. The van der Waals surface area contributed by atoms with E-state index in [1.807, 2.05) is 0 Å². The van der Waals surface area contributed by atoms with E-state index in [9.17, 15) is 0 Å². The number of hydrogen-bond acceptors (Lipinski definition) is 6. The summed E-state index contributed by atoms with van der Waals surface area (Å²) in [6.07, 6.45) is 22.3. The van der Waals surface area contributed by atoms with Crippen LogP contribution in [0.5, 0.6) is 0 Å². The van der Waals surface area contributed by atoms with Crippen LogP contribution in [-0.2, 0) is 46.8 Å². The fourth-order valence-corrected chi connectivity index (χ4v) is 13.6. The summed E-state index contributed by atoms with van der Waals surface area (Å²) < 4.78 is 25.8. The third-order valence-corrected chi connectivity index (χ3v) is 18.3. The smallest absolute Gasteiger partial charge is 0.227 e. The van der Waals surface area contributed by atoms with Crippen LogP contribution >= 0.6 is 0 Å². The van der Waals surface area contributed by atoms with Gasteiger partial charge in [-0.25, -0.2) is 28.7 Å². The number of hydrogen-bond donors (Lipinski definition) is 0. The Morgan fingerprint density at radius 2 is 0.729 bits per heavy atom. The van der Waals surface area contributed by atoms with E-state index < -0.39 is 0 Å². The fraction of sp³-hybridized carbons (Fsp3) is 0.368. The molecular weight excluding hydrogens is 1040 g/mol. The summed E-state index contributed by atoms with van der Waals surface area (Å²) in [6, 6.07) is 39.5. The Balaban J connectivity index is 0.000000125. The Kier molecular flexibility index (Phi) is 16.1. The molecule has 0 atom stereocenters. The van der Waals surface area contributed by atoms with Crippen molar-refractivity contribution in [3.05, 3.63) is 178 Å². The summed E-state index contributed by atoms with van der Waals surface area (Å²) in [7, 11) is 6.34. The molecule has 434 valence electrons. The second kappa shape index (κ2) is 23.8. The van der Waals surface area contributed by atoms with Crippen LogP contribution in [0.2, 0.25) is 0 Å². The molecule has 2 fully saturated rings. The van der Waals surface area contributed by atoms with Crippen LogP contribution in [0.25, 0.3) is 100.0 Å². The molecule has 2 aliphatic rings. The minimum absolute atomic E-state index is 0.198. The van der Waals surface area contributed by atoms with Crippen molar-refractivity contribution in [2.75, 3.05) is 0 Å². The molecule has 2 aliphatic carbocycles. The summed E-state index contributed by atoms with van der Waals surface area (Å²) in [4.78, 5) is 14.8.